The van der Waals surface area contributed by atoms with Gasteiger partial charge in [0.25, 0.3) is 0 Å². The van der Waals surface area contributed by atoms with Crippen LogP contribution in [0.15, 0.2) is 35.2 Å². The van der Waals surface area contributed by atoms with Crippen molar-refractivity contribution >= 4 is 39.5 Å². The number of ether oxygens (including phenoxy) is 4. The molecule has 7 nitrogen and oxygen atoms in total. The maximum atomic E-state index is 11.6. The zero-order chi connectivity index (χ0) is 20.0. The van der Waals surface area contributed by atoms with E-state index in [0.717, 1.165) is 4.90 Å². The van der Waals surface area contributed by atoms with E-state index in [1.165, 1.54) is 42.4 Å². The topological polar surface area (TPSA) is 88.1 Å². The molecule has 1 aromatic carbocycles. The van der Waals surface area contributed by atoms with Crippen LogP contribution in [0.2, 0.25) is 0 Å². The number of esters is 3. The molecular formula is C18H22O7S2. The van der Waals surface area contributed by atoms with E-state index in [0.29, 0.717) is 0 Å². The minimum Gasteiger partial charge on any atom is -0.456 e. The Balaban J connectivity index is 2.24. The van der Waals surface area contributed by atoms with Gasteiger partial charge in [0, 0.05) is 25.7 Å². The molecule has 148 valence electrons. The lowest BCUT2D eigenvalue weighted by molar-refractivity contribution is -0.228. The zero-order valence-electron chi connectivity index (χ0n) is 15.4. The van der Waals surface area contributed by atoms with Crippen molar-refractivity contribution in [2.75, 3.05) is 0 Å². The molecule has 2 rings (SSSR count). The molecule has 0 aliphatic carbocycles. The summed E-state index contributed by atoms with van der Waals surface area (Å²) in [6.07, 6.45) is -3.32. The molecule has 0 amide bonds. The van der Waals surface area contributed by atoms with Crippen LogP contribution in [0.3, 0.4) is 0 Å². The van der Waals surface area contributed by atoms with Crippen molar-refractivity contribution in [1.29, 1.82) is 0 Å². The second kappa shape index (κ2) is 10.0. The molecule has 0 spiro atoms. The fourth-order valence-electron chi connectivity index (χ4n) is 2.63. The number of carbonyl (C=O) groups is 3. The lowest BCUT2D eigenvalue weighted by Crippen LogP contribution is -2.59. The largest absolute Gasteiger partial charge is 0.456 e. The monoisotopic (exact) mass is 414 g/mol. The van der Waals surface area contributed by atoms with E-state index >= 15 is 0 Å². The highest BCUT2D eigenvalue weighted by Gasteiger charge is 2.50. The molecule has 1 fully saturated rings. The minimum atomic E-state index is -0.965. The lowest BCUT2D eigenvalue weighted by Gasteiger charge is -2.43. The van der Waals surface area contributed by atoms with E-state index in [-0.39, 0.29) is 0 Å². The van der Waals surface area contributed by atoms with Crippen molar-refractivity contribution in [2.24, 2.45) is 0 Å². The summed E-state index contributed by atoms with van der Waals surface area (Å²) in [5, 5.41) is 0. The van der Waals surface area contributed by atoms with Crippen LogP contribution in [0, 0.1) is 0 Å². The molecular weight excluding hydrogens is 392 g/mol. The third-order valence-electron chi connectivity index (χ3n) is 3.62. The van der Waals surface area contributed by atoms with E-state index in [1.807, 2.05) is 30.3 Å². The molecule has 1 aliphatic rings. The molecule has 27 heavy (non-hydrogen) atoms. The first-order chi connectivity index (χ1) is 12.8. The molecule has 0 bridgehead atoms. The predicted octanol–water partition coefficient (Wildman–Crippen LogP) is 2.97. The van der Waals surface area contributed by atoms with E-state index in [9.17, 15) is 14.4 Å². The van der Waals surface area contributed by atoms with E-state index < -0.39 is 47.8 Å². The van der Waals surface area contributed by atoms with E-state index in [4.69, 9.17) is 18.9 Å². The average molecular weight is 415 g/mol. The van der Waals surface area contributed by atoms with E-state index in [1.54, 1.807) is 6.92 Å². The number of hydrogen-bond acceptors (Lipinski definition) is 9. The molecule has 0 aromatic heterocycles. The molecule has 1 heterocycles. The Bertz CT molecular complexity index is 667. The van der Waals surface area contributed by atoms with Crippen molar-refractivity contribution in [2.45, 2.75) is 62.4 Å². The Morgan fingerprint density at radius 3 is 1.93 bits per heavy atom. The van der Waals surface area contributed by atoms with Crippen LogP contribution in [-0.2, 0) is 33.3 Å². The van der Waals surface area contributed by atoms with Crippen LogP contribution < -0.4 is 0 Å². The molecule has 5 atom stereocenters. The van der Waals surface area contributed by atoms with Gasteiger partial charge in [-0.15, -0.1) is 0 Å². The van der Waals surface area contributed by atoms with Gasteiger partial charge in [-0.05, 0) is 19.1 Å². The molecule has 1 aromatic rings. The molecule has 0 saturated carbocycles. The smallest absolute Gasteiger partial charge is 0.303 e. The van der Waals surface area contributed by atoms with Crippen molar-refractivity contribution in [1.82, 2.24) is 0 Å². The number of benzene rings is 1. The van der Waals surface area contributed by atoms with Gasteiger partial charge in [-0.2, -0.15) is 0 Å². The van der Waals surface area contributed by atoms with Crippen LogP contribution >= 0.6 is 21.6 Å². The second-order valence-electron chi connectivity index (χ2n) is 5.92. The van der Waals surface area contributed by atoms with Gasteiger partial charge in [0.1, 0.15) is 0 Å². The Morgan fingerprint density at radius 1 is 0.852 bits per heavy atom. The summed E-state index contributed by atoms with van der Waals surface area (Å²) in [4.78, 5) is 35.7. The maximum Gasteiger partial charge on any atom is 0.303 e. The number of carbonyl (C=O) groups excluding carboxylic acids is 3. The highest BCUT2D eigenvalue weighted by Crippen LogP contribution is 2.42. The van der Waals surface area contributed by atoms with E-state index in [2.05, 4.69) is 0 Å². The number of rotatable bonds is 6. The van der Waals surface area contributed by atoms with Gasteiger partial charge in [0.15, 0.2) is 23.7 Å². The van der Waals surface area contributed by atoms with Gasteiger partial charge in [-0.25, -0.2) is 0 Å². The molecule has 0 unspecified atom stereocenters. The summed E-state index contributed by atoms with van der Waals surface area (Å²) in [6.45, 7) is 5.48. The Labute approximate surface area is 165 Å². The summed E-state index contributed by atoms with van der Waals surface area (Å²) in [5.74, 6) is -1.66. The number of hydrogen-bond donors (Lipinski definition) is 0. The van der Waals surface area contributed by atoms with Crippen molar-refractivity contribution in [3.05, 3.63) is 30.3 Å². The Morgan fingerprint density at radius 2 is 1.37 bits per heavy atom. The molecule has 1 saturated heterocycles. The first-order valence-electron chi connectivity index (χ1n) is 8.33. The predicted molar refractivity (Wildman–Crippen MR) is 101 cm³/mol. The Kier molecular flexibility index (Phi) is 8.00. The minimum absolute atomic E-state index is 0.543. The average Bonchev–Trinajstić information content (AvgIpc) is 2.59. The van der Waals surface area contributed by atoms with Crippen LogP contribution in [-0.4, -0.2) is 47.8 Å². The summed E-state index contributed by atoms with van der Waals surface area (Å²) in [6, 6.07) is 9.62. The van der Waals surface area contributed by atoms with Gasteiger partial charge >= 0.3 is 17.9 Å². The van der Waals surface area contributed by atoms with Crippen LogP contribution in [0.25, 0.3) is 0 Å². The van der Waals surface area contributed by atoms with Gasteiger partial charge in [-0.3, -0.25) is 14.4 Å². The van der Waals surface area contributed by atoms with Gasteiger partial charge in [-0.1, -0.05) is 39.8 Å². The SMILES string of the molecule is CC(=O)O[C@@H]1[C@@H](OC(C)=O)[C@H](C)O[C@@H](SSc2ccccc2)[C@@H]1OC(C)=O. The fourth-order valence-corrected chi connectivity index (χ4v) is 5.06. The molecule has 1 aliphatic heterocycles. The lowest BCUT2D eigenvalue weighted by atomic mass is 10.00. The third-order valence-corrected chi connectivity index (χ3v) is 6.18. The Hall–Kier alpha value is -1.71. The highest BCUT2D eigenvalue weighted by atomic mass is 33.1. The summed E-state index contributed by atoms with van der Waals surface area (Å²) < 4.78 is 22.0. The third kappa shape index (κ3) is 6.44. The van der Waals surface area contributed by atoms with Crippen molar-refractivity contribution in [3.8, 4) is 0 Å². The zero-order valence-corrected chi connectivity index (χ0v) is 17.1. The van der Waals surface area contributed by atoms with Gasteiger partial charge < -0.3 is 18.9 Å². The van der Waals surface area contributed by atoms with Crippen LogP contribution in [0.4, 0.5) is 0 Å². The van der Waals surface area contributed by atoms with Crippen molar-refractivity contribution in [3.63, 3.8) is 0 Å². The van der Waals surface area contributed by atoms with Crippen molar-refractivity contribution < 1.29 is 33.3 Å². The summed E-state index contributed by atoms with van der Waals surface area (Å²) >= 11 is 0. The first kappa shape index (κ1) is 21.6. The summed E-state index contributed by atoms with van der Waals surface area (Å²) in [7, 11) is 2.79. The quantitative estimate of drug-likeness (QED) is 0.396. The normalized spacial score (nSPS) is 27.5. The van der Waals surface area contributed by atoms with Crippen LogP contribution in [0.5, 0.6) is 0 Å². The molecule has 0 radical (unpaired) electrons. The van der Waals surface area contributed by atoms with Gasteiger partial charge in [0.05, 0.1) is 6.10 Å². The van der Waals surface area contributed by atoms with Crippen LogP contribution in [0.1, 0.15) is 27.7 Å². The molecule has 9 heteroatoms. The summed E-state index contributed by atoms with van der Waals surface area (Å²) in [5.41, 5.74) is -0.620. The molecule has 0 N–H and O–H groups in total. The fraction of sp³-hybridized carbons (Fsp3) is 0.500. The van der Waals surface area contributed by atoms with Gasteiger partial charge in [0.2, 0.25) is 0 Å². The first-order valence-corrected chi connectivity index (χ1v) is 10.5. The highest BCUT2D eigenvalue weighted by molar-refractivity contribution is 8.76. The second-order valence-corrected chi connectivity index (χ2v) is 8.30. The maximum absolute atomic E-state index is 11.6. The standard InChI is InChI=1S/C18H22O7S2/c1-10-15(23-11(2)19)16(24-12(3)20)17(25-13(4)21)18(22-10)27-26-14-8-6-5-7-9-14/h5-10,15-18H,1-4H3/t10-,15-,16+,17+,18-/m0/s1.